The van der Waals surface area contributed by atoms with Crippen LogP contribution in [-0.2, 0) is 11.8 Å². The Bertz CT molecular complexity index is 963. The minimum absolute atomic E-state index is 0.304. The molecule has 4 aliphatic heterocycles. The SMILES string of the molecule is COc1nnn(C)c1C1CNC2C3CNCNC3N([C@H](c3ccccc3)C3CCOCC3)C2C1. The summed E-state index contributed by atoms with van der Waals surface area (Å²) in [6.07, 6.45) is 3.64. The van der Waals surface area contributed by atoms with Gasteiger partial charge in [-0.25, -0.2) is 4.68 Å². The molecule has 6 atom stereocenters. The maximum Gasteiger partial charge on any atom is 0.256 e. The first kappa shape index (κ1) is 22.4. The first-order valence-electron chi connectivity index (χ1n) is 12.8. The van der Waals surface area contributed by atoms with Crippen LogP contribution in [0.3, 0.4) is 0 Å². The van der Waals surface area contributed by atoms with Gasteiger partial charge in [0, 0.05) is 70.0 Å². The van der Waals surface area contributed by atoms with Crippen molar-refractivity contribution >= 4 is 0 Å². The topological polar surface area (TPSA) is 88.5 Å². The Kier molecular flexibility index (Phi) is 6.30. The number of methoxy groups -OCH3 is 1. The molecule has 0 bridgehead atoms. The van der Waals surface area contributed by atoms with E-state index in [1.807, 2.05) is 11.7 Å². The van der Waals surface area contributed by atoms with Crippen LogP contribution in [-0.4, -0.2) is 78.2 Å². The van der Waals surface area contributed by atoms with Crippen molar-refractivity contribution in [1.82, 2.24) is 35.8 Å². The van der Waals surface area contributed by atoms with E-state index in [0.717, 1.165) is 57.9 Å². The average molecular weight is 468 g/mol. The number of aromatic nitrogens is 3. The number of rotatable bonds is 5. The number of nitrogens with one attached hydrogen (secondary N) is 3. The molecule has 1 aromatic heterocycles. The fourth-order valence-corrected chi connectivity index (χ4v) is 7.10. The van der Waals surface area contributed by atoms with Gasteiger partial charge in [-0.05, 0) is 30.7 Å². The van der Waals surface area contributed by atoms with Gasteiger partial charge in [0.2, 0.25) is 0 Å². The van der Waals surface area contributed by atoms with Gasteiger partial charge in [0.15, 0.2) is 0 Å². The molecule has 0 radical (unpaired) electrons. The number of aryl methyl sites for hydroxylation is 1. The third-order valence-electron chi connectivity index (χ3n) is 8.52. The summed E-state index contributed by atoms with van der Waals surface area (Å²) in [6.45, 7) is 4.53. The first-order valence-corrected chi connectivity index (χ1v) is 12.8. The van der Waals surface area contributed by atoms with Crippen LogP contribution in [0.5, 0.6) is 5.88 Å². The monoisotopic (exact) mass is 467 g/mol. The Morgan fingerprint density at radius 2 is 1.94 bits per heavy atom. The summed E-state index contributed by atoms with van der Waals surface area (Å²) in [6, 6.07) is 12.4. The number of fused-ring (bicyclic) bond motifs is 3. The fourth-order valence-electron chi connectivity index (χ4n) is 7.10. The van der Waals surface area contributed by atoms with Crippen LogP contribution < -0.4 is 20.7 Å². The smallest absolute Gasteiger partial charge is 0.256 e. The molecular weight excluding hydrogens is 430 g/mol. The maximum absolute atomic E-state index is 5.78. The Morgan fingerprint density at radius 3 is 2.74 bits per heavy atom. The predicted octanol–water partition coefficient (Wildman–Crippen LogP) is 1.21. The van der Waals surface area contributed by atoms with Gasteiger partial charge < -0.3 is 20.1 Å². The van der Waals surface area contributed by atoms with E-state index in [4.69, 9.17) is 9.47 Å². The van der Waals surface area contributed by atoms with E-state index >= 15 is 0 Å². The van der Waals surface area contributed by atoms with Gasteiger partial charge in [-0.3, -0.25) is 10.2 Å². The third kappa shape index (κ3) is 3.83. The van der Waals surface area contributed by atoms with Crippen LogP contribution in [0, 0.1) is 11.8 Å². The highest BCUT2D eigenvalue weighted by Crippen LogP contribution is 2.47. The van der Waals surface area contributed by atoms with E-state index in [1.165, 1.54) is 5.56 Å². The molecule has 0 spiro atoms. The Labute approximate surface area is 201 Å². The van der Waals surface area contributed by atoms with Gasteiger partial charge >= 0.3 is 0 Å². The van der Waals surface area contributed by atoms with Crippen LogP contribution in [0.25, 0.3) is 0 Å². The van der Waals surface area contributed by atoms with E-state index in [0.29, 0.717) is 47.9 Å². The second-order valence-electron chi connectivity index (χ2n) is 10.2. The Morgan fingerprint density at radius 1 is 1.12 bits per heavy atom. The van der Waals surface area contributed by atoms with Crippen molar-refractivity contribution in [2.24, 2.45) is 18.9 Å². The predicted molar refractivity (Wildman–Crippen MR) is 128 cm³/mol. The van der Waals surface area contributed by atoms with Gasteiger partial charge in [-0.2, -0.15) is 0 Å². The average Bonchev–Trinajstić information content (AvgIpc) is 3.43. The molecule has 3 N–H and O–H groups in total. The van der Waals surface area contributed by atoms with Crippen LogP contribution >= 0.6 is 0 Å². The van der Waals surface area contributed by atoms with Crippen LogP contribution in [0.2, 0.25) is 0 Å². The number of ether oxygens (including phenoxy) is 2. The van der Waals surface area contributed by atoms with Crippen molar-refractivity contribution in [2.75, 3.05) is 40.1 Å². The maximum atomic E-state index is 5.78. The number of hydrogen-bond donors (Lipinski definition) is 3. The van der Waals surface area contributed by atoms with Crippen molar-refractivity contribution < 1.29 is 9.47 Å². The molecule has 5 unspecified atom stereocenters. The first-order chi connectivity index (χ1) is 16.8. The van der Waals surface area contributed by atoms with Gasteiger partial charge in [-0.15, -0.1) is 0 Å². The summed E-state index contributed by atoms with van der Waals surface area (Å²) < 4.78 is 13.3. The van der Waals surface area contributed by atoms with Crippen molar-refractivity contribution in [1.29, 1.82) is 0 Å². The Hall–Kier alpha value is -2.04. The molecule has 0 amide bonds. The number of piperidine rings is 1. The molecule has 4 aliphatic rings. The van der Waals surface area contributed by atoms with Gasteiger partial charge in [0.25, 0.3) is 5.88 Å². The number of likely N-dealkylation sites (tertiary alicyclic amines) is 1. The zero-order chi connectivity index (χ0) is 23.1. The van der Waals surface area contributed by atoms with Crippen molar-refractivity contribution in [3.8, 4) is 5.88 Å². The number of hydrogen-bond acceptors (Lipinski definition) is 8. The molecule has 9 heteroatoms. The molecule has 4 fully saturated rings. The number of nitrogens with zero attached hydrogens (tertiary/aromatic N) is 4. The summed E-state index contributed by atoms with van der Waals surface area (Å²) in [5.41, 5.74) is 2.52. The van der Waals surface area contributed by atoms with Crippen LogP contribution in [0.15, 0.2) is 30.3 Å². The molecule has 1 aromatic carbocycles. The second kappa shape index (κ2) is 9.54. The standard InChI is InChI=1S/C25H37N7O2/c1-31-23(25(33-2)29-30-31)18-12-20-21(27-13-18)19-14-26-15-28-24(19)32(20)22(16-6-4-3-5-7-16)17-8-10-34-11-9-17/h3-7,17-22,24,26-28H,8-15H2,1-2H3/t18?,19?,20?,21?,22-,24?/m1/s1. The van der Waals surface area contributed by atoms with Crippen molar-refractivity contribution in [2.45, 2.75) is 49.5 Å². The highest BCUT2D eigenvalue weighted by atomic mass is 16.5. The quantitative estimate of drug-likeness (QED) is 0.605. The summed E-state index contributed by atoms with van der Waals surface area (Å²) in [5, 5.41) is 19.9. The van der Waals surface area contributed by atoms with E-state index in [9.17, 15) is 0 Å². The molecule has 0 saturated carbocycles. The molecule has 9 nitrogen and oxygen atoms in total. The summed E-state index contributed by atoms with van der Waals surface area (Å²) in [7, 11) is 3.67. The van der Waals surface area contributed by atoms with Crippen LogP contribution in [0.1, 0.15) is 42.5 Å². The van der Waals surface area contributed by atoms with Crippen molar-refractivity contribution in [3.05, 3.63) is 41.6 Å². The number of benzene rings is 1. The summed E-state index contributed by atoms with van der Waals surface area (Å²) in [5.74, 6) is 2.06. The zero-order valence-corrected chi connectivity index (χ0v) is 20.2. The van der Waals surface area contributed by atoms with E-state index in [2.05, 4.69) is 61.5 Å². The zero-order valence-electron chi connectivity index (χ0n) is 20.2. The highest BCUT2D eigenvalue weighted by molar-refractivity contribution is 5.27. The minimum atomic E-state index is 0.304. The van der Waals surface area contributed by atoms with Crippen LogP contribution in [0.4, 0.5) is 0 Å². The molecule has 184 valence electrons. The second-order valence-corrected chi connectivity index (χ2v) is 10.2. The normalized spacial score (nSPS) is 33.3. The minimum Gasteiger partial charge on any atom is -0.479 e. The molecule has 0 aliphatic carbocycles. The third-order valence-corrected chi connectivity index (χ3v) is 8.52. The summed E-state index contributed by atoms with van der Waals surface area (Å²) >= 11 is 0. The van der Waals surface area contributed by atoms with E-state index in [1.54, 1.807) is 7.11 Å². The lowest BCUT2D eigenvalue weighted by molar-refractivity contribution is -0.00838. The lowest BCUT2D eigenvalue weighted by atomic mass is 9.82. The highest BCUT2D eigenvalue weighted by Gasteiger charge is 2.55. The van der Waals surface area contributed by atoms with Gasteiger partial charge in [0.1, 0.15) is 5.69 Å². The molecule has 5 heterocycles. The fraction of sp³-hybridized carbons (Fsp3) is 0.680. The van der Waals surface area contributed by atoms with Gasteiger partial charge in [-0.1, -0.05) is 40.6 Å². The molecule has 6 rings (SSSR count). The lowest BCUT2D eigenvalue weighted by Gasteiger charge is -2.46. The molecular formula is C25H37N7O2. The molecule has 4 saturated heterocycles. The summed E-state index contributed by atoms with van der Waals surface area (Å²) in [4.78, 5) is 2.84. The molecule has 34 heavy (non-hydrogen) atoms. The van der Waals surface area contributed by atoms with Gasteiger partial charge in [0.05, 0.1) is 13.3 Å². The molecule has 2 aromatic rings. The van der Waals surface area contributed by atoms with E-state index in [-0.39, 0.29) is 0 Å². The Balaban J connectivity index is 1.39. The van der Waals surface area contributed by atoms with E-state index < -0.39 is 0 Å². The largest absolute Gasteiger partial charge is 0.479 e. The van der Waals surface area contributed by atoms with Crippen molar-refractivity contribution in [3.63, 3.8) is 0 Å². The lowest BCUT2D eigenvalue weighted by Crippen LogP contribution is -2.57.